The molecule has 0 radical (unpaired) electrons. The van der Waals surface area contributed by atoms with Crippen LogP contribution in [0.25, 0.3) is 0 Å². The predicted molar refractivity (Wildman–Crippen MR) is 125 cm³/mol. The summed E-state index contributed by atoms with van der Waals surface area (Å²) in [6.45, 7) is 2.85. The minimum Gasteiger partial charge on any atom is -0.335 e. The fourth-order valence-corrected chi connectivity index (χ4v) is 6.11. The van der Waals surface area contributed by atoms with Gasteiger partial charge in [0.05, 0.1) is 5.75 Å². The minimum absolute atomic E-state index is 0.0751. The summed E-state index contributed by atoms with van der Waals surface area (Å²) in [5, 5.41) is 6.39. The van der Waals surface area contributed by atoms with Crippen molar-refractivity contribution < 1.29 is 13.2 Å². The Morgan fingerprint density at radius 2 is 1.58 bits per heavy atom. The van der Waals surface area contributed by atoms with E-state index in [1.54, 1.807) is 0 Å². The van der Waals surface area contributed by atoms with E-state index in [4.69, 9.17) is 0 Å². The third-order valence-corrected chi connectivity index (χ3v) is 7.89. The third kappa shape index (κ3) is 8.45. The van der Waals surface area contributed by atoms with Gasteiger partial charge in [-0.2, -0.15) is 0 Å². The van der Waals surface area contributed by atoms with E-state index in [1.807, 2.05) is 24.3 Å². The van der Waals surface area contributed by atoms with Crippen LogP contribution < -0.4 is 15.4 Å². The van der Waals surface area contributed by atoms with Gasteiger partial charge in [-0.05, 0) is 43.2 Å². The average Bonchev–Trinajstić information content (AvgIpc) is 2.74. The van der Waals surface area contributed by atoms with Gasteiger partial charge in [0.1, 0.15) is 0 Å². The first kappa shape index (κ1) is 24.1. The predicted octanol–water partition coefficient (Wildman–Crippen LogP) is 4.60. The molecule has 2 saturated carbocycles. The normalized spacial score (nSPS) is 19.6. The molecule has 0 saturated heterocycles. The number of nitrogens with one attached hydrogen (secondary N) is 3. The van der Waals surface area contributed by atoms with Gasteiger partial charge < -0.3 is 10.6 Å². The molecule has 0 aromatic heterocycles. The molecule has 0 aliphatic heterocycles. The van der Waals surface area contributed by atoms with Crippen molar-refractivity contribution >= 4 is 16.1 Å². The Morgan fingerprint density at radius 3 is 2.26 bits per heavy atom. The van der Waals surface area contributed by atoms with E-state index in [0.29, 0.717) is 12.6 Å². The van der Waals surface area contributed by atoms with Crippen molar-refractivity contribution in [2.45, 2.75) is 102 Å². The number of hydrogen-bond acceptors (Lipinski definition) is 4. The SMILES string of the molecule is CC(CC1CCCCC1)NCc1ccccc1CS(=O)(=O)NC(=O)NC1CCCCC1. The summed E-state index contributed by atoms with van der Waals surface area (Å²) in [5.41, 5.74) is 1.70. The fourth-order valence-electron chi connectivity index (χ4n) is 5.00. The number of urea groups is 1. The monoisotopic (exact) mass is 449 g/mol. The molecule has 2 amide bonds. The first-order valence-corrected chi connectivity index (χ1v) is 13.7. The lowest BCUT2D eigenvalue weighted by atomic mass is 9.85. The molecule has 1 atom stereocenters. The molecule has 6 nitrogen and oxygen atoms in total. The van der Waals surface area contributed by atoms with Crippen molar-refractivity contribution in [2.75, 3.05) is 0 Å². The number of benzene rings is 1. The maximum absolute atomic E-state index is 12.6. The lowest BCUT2D eigenvalue weighted by Crippen LogP contribution is -2.45. The Bertz CT molecular complexity index is 800. The molecular formula is C24H39N3O3S. The molecular weight excluding hydrogens is 410 g/mol. The second-order valence-corrected chi connectivity index (χ2v) is 11.2. The largest absolute Gasteiger partial charge is 0.335 e. The summed E-state index contributed by atoms with van der Waals surface area (Å²) in [5.74, 6) is 0.610. The van der Waals surface area contributed by atoms with Gasteiger partial charge in [-0.1, -0.05) is 75.6 Å². The molecule has 0 bridgehead atoms. The smallest absolute Gasteiger partial charge is 0.328 e. The third-order valence-electron chi connectivity index (χ3n) is 6.71. The van der Waals surface area contributed by atoms with Crippen molar-refractivity contribution in [2.24, 2.45) is 5.92 Å². The van der Waals surface area contributed by atoms with Gasteiger partial charge in [-0.15, -0.1) is 0 Å². The van der Waals surface area contributed by atoms with Crippen LogP contribution in [-0.4, -0.2) is 26.5 Å². The van der Waals surface area contributed by atoms with Crippen LogP contribution in [0.4, 0.5) is 4.79 Å². The lowest BCUT2D eigenvalue weighted by molar-refractivity contribution is 0.237. The topological polar surface area (TPSA) is 87.3 Å². The number of amides is 2. The van der Waals surface area contributed by atoms with Crippen molar-refractivity contribution in [1.82, 2.24) is 15.4 Å². The van der Waals surface area contributed by atoms with Gasteiger partial charge in [0.2, 0.25) is 10.0 Å². The minimum atomic E-state index is -3.76. The van der Waals surface area contributed by atoms with E-state index in [9.17, 15) is 13.2 Å². The maximum Gasteiger partial charge on any atom is 0.328 e. The van der Waals surface area contributed by atoms with E-state index in [1.165, 1.54) is 44.9 Å². The first-order chi connectivity index (χ1) is 14.9. The zero-order valence-electron chi connectivity index (χ0n) is 18.9. The molecule has 3 rings (SSSR count). The van der Waals surface area contributed by atoms with Crippen LogP contribution in [-0.2, 0) is 22.3 Å². The van der Waals surface area contributed by atoms with Gasteiger partial charge >= 0.3 is 6.03 Å². The Morgan fingerprint density at radius 1 is 0.968 bits per heavy atom. The molecule has 1 unspecified atom stereocenters. The number of carbonyl (C=O) groups is 1. The van der Waals surface area contributed by atoms with E-state index in [2.05, 4.69) is 22.3 Å². The van der Waals surface area contributed by atoms with Crippen molar-refractivity contribution in [3.63, 3.8) is 0 Å². The van der Waals surface area contributed by atoms with Gasteiger partial charge in [-0.25, -0.2) is 17.9 Å². The molecule has 2 aliphatic carbocycles. The molecule has 1 aromatic rings. The second kappa shape index (κ2) is 11.9. The zero-order valence-corrected chi connectivity index (χ0v) is 19.7. The molecule has 7 heteroatoms. The second-order valence-electron chi connectivity index (χ2n) is 9.46. The lowest BCUT2D eigenvalue weighted by Gasteiger charge is -2.25. The maximum atomic E-state index is 12.6. The number of rotatable bonds is 9. The Hall–Kier alpha value is -1.60. The van der Waals surface area contributed by atoms with Crippen molar-refractivity contribution in [3.05, 3.63) is 35.4 Å². The molecule has 2 aliphatic rings. The molecule has 174 valence electrons. The fraction of sp³-hybridized carbons (Fsp3) is 0.708. The van der Waals surface area contributed by atoms with Crippen LogP contribution in [0.15, 0.2) is 24.3 Å². The van der Waals surface area contributed by atoms with Gasteiger partial charge in [0, 0.05) is 18.6 Å². The van der Waals surface area contributed by atoms with Gasteiger partial charge in [0.15, 0.2) is 0 Å². The van der Waals surface area contributed by atoms with Crippen LogP contribution in [0, 0.1) is 5.92 Å². The van der Waals surface area contributed by atoms with E-state index >= 15 is 0 Å². The Kier molecular flexibility index (Phi) is 9.20. The van der Waals surface area contributed by atoms with E-state index < -0.39 is 16.1 Å². The van der Waals surface area contributed by atoms with Crippen molar-refractivity contribution in [1.29, 1.82) is 0 Å². The molecule has 2 fully saturated rings. The number of carbonyl (C=O) groups excluding carboxylic acids is 1. The average molecular weight is 450 g/mol. The molecule has 0 spiro atoms. The summed E-state index contributed by atoms with van der Waals surface area (Å²) < 4.78 is 27.4. The molecule has 1 aromatic carbocycles. The van der Waals surface area contributed by atoms with Crippen molar-refractivity contribution in [3.8, 4) is 0 Å². The highest BCUT2D eigenvalue weighted by Crippen LogP contribution is 2.27. The Balaban J connectivity index is 1.50. The first-order valence-electron chi connectivity index (χ1n) is 12.0. The summed E-state index contributed by atoms with van der Waals surface area (Å²) >= 11 is 0. The van der Waals surface area contributed by atoms with Crippen LogP contribution in [0.3, 0.4) is 0 Å². The zero-order chi connectivity index (χ0) is 22.1. The van der Waals surface area contributed by atoms with Gasteiger partial charge in [-0.3, -0.25) is 0 Å². The molecule has 3 N–H and O–H groups in total. The quantitative estimate of drug-likeness (QED) is 0.514. The summed E-state index contributed by atoms with van der Waals surface area (Å²) in [6.07, 6.45) is 13.1. The van der Waals surface area contributed by atoms with Crippen LogP contribution in [0.1, 0.15) is 88.7 Å². The highest BCUT2D eigenvalue weighted by Gasteiger charge is 2.21. The standard InChI is InChI=1S/C24H39N3O3S/c1-19(16-20-10-4-2-5-11-20)25-17-21-12-8-9-13-22(21)18-31(29,30)27-24(28)26-23-14-6-3-7-15-23/h8-9,12-13,19-20,23,25H,2-7,10-11,14-18H2,1H3,(H2,26,27,28). The summed E-state index contributed by atoms with van der Waals surface area (Å²) in [6, 6.07) is 7.44. The van der Waals surface area contributed by atoms with E-state index in [0.717, 1.165) is 42.7 Å². The van der Waals surface area contributed by atoms with Crippen LogP contribution >= 0.6 is 0 Å². The van der Waals surface area contributed by atoms with Crippen LogP contribution in [0.2, 0.25) is 0 Å². The number of hydrogen-bond donors (Lipinski definition) is 3. The summed E-state index contributed by atoms with van der Waals surface area (Å²) in [4.78, 5) is 12.2. The van der Waals surface area contributed by atoms with E-state index in [-0.39, 0.29) is 11.8 Å². The highest BCUT2D eigenvalue weighted by atomic mass is 32.2. The van der Waals surface area contributed by atoms with Gasteiger partial charge in [0.25, 0.3) is 0 Å². The number of sulfonamides is 1. The van der Waals surface area contributed by atoms with Crippen LogP contribution in [0.5, 0.6) is 0 Å². The molecule has 31 heavy (non-hydrogen) atoms. The molecule has 0 heterocycles. The summed E-state index contributed by atoms with van der Waals surface area (Å²) in [7, 11) is -3.76. The Labute approximate surface area is 188 Å². The highest BCUT2D eigenvalue weighted by molar-refractivity contribution is 7.89.